The maximum atomic E-state index is 4.79. The quantitative estimate of drug-likeness (QED) is 0.750. The van der Waals surface area contributed by atoms with Gasteiger partial charge in [0.15, 0.2) is 5.82 Å². The van der Waals surface area contributed by atoms with Crippen molar-refractivity contribution in [3.63, 3.8) is 0 Å². The molecule has 0 amide bonds. The smallest absolute Gasteiger partial charge is 0.151 e. The van der Waals surface area contributed by atoms with E-state index in [1.807, 2.05) is 18.2 Å². The van der Waals surface area contributed by atoms with Gasteiger partial charge in [0, 0.05) is 31.9 Å². The summed E-state index contributed by atoms with van der Waals surface area (Å²) in [6.45, 7) is 5.88. The Morgan fingerprint density at radius 3 is 2.96 bits per heavy atom. The van der Waals surface area contributed by atoms with Crippen LogP contribution in [0.3, 0.4) is 0 Å². The minimum absolute atomic E-state index is 0.469. The van der Waals surface area contributed by atoms with Crippen LogP contribution in [0.1, 0.15) is 25.6 Å². The van der Waals surface area contributed by atoms with Gasteiger partial charge < -0.3 is 14.8 Å². The van der Waals surface area contributed by atoms with Gasteiger partial charge in [0.25, 0.3) is 0 Å². The Morgan fingerprint density at radius 1 is 1.20 bits per heavy atom. The zero-order valence-corrected chi connectivity index (χ0v) is 14.6. The molecular weight excluding hydrogens is 312 g/mol. The van der Waals surface area contributed by atoms with Crippen LogP contribution in [0.2, 0.25) is 0 Å². The van der Waals surface area contributed by atoms with Gasteiger partial charge in [-0.3, -0.25) is 0 Å². The van der Waals surface area contributed by atoms with Crippen LogP contribution in [0.15, 0.2) is 42.6 Å². The van der Waals surface area contributed by atoms with Gasteiger partial charge in [-0.05, 0) is 44.0 Å². The van der Waals surface area contributed by atoms with Crippen LogP contribution < -0.4 is 10.2 Å². The number of rotatable bonds is 6. The van der Waals surface area contributed by atoms with Crippen LogP contribution in [0, 0.1) is 0 Å². The molecule has 0 radical (unpaired) electrons. The molecule has 1 fully saturated rings. The van der Waals surface area contributed by atoms with E-state index in [9.17, 15) is 0 Å². The Kier molecular flexibility index (Phi) is 4.61. The number of fused-ring (bicyclic) bond motifs is 1. The van der Waals surface area contributed by atoms with E-state index in [0.717, 1.165) is 43.3 Å². The molecule has 1 aliphatic rings. The number of aromatic nitrogens is 4. The third-order valence-electron chi connectivity index (χ3n) is 4.94. The highest BCUT2D eigenvalue weighted by Gasteiger charge is 2.25. The molecule has 4 rings (SSSR count). The van der Waals surface area contributed by atoms with Crippen molar-refractivity contribution in [2.75, 3.05) is 18.0 Å². The number of nitrogens with one attached hydrogen (secondary N) is 1. The molecule has 1 N–H and O–H groups in total. The Hall–Kier alpha value is -2.47. The standard InChI is InChI=1S/C19H24N6/c1-2-24-17-9-4-3-8-16(17)22-19(24)14-20-13-15-7-6-12-25(15)18-10-5-11-21-23-18/h3-5,8-11,15,20H,2,6-7,12-14H2,1H3. The van der Waals surface area contributed by atoms with Gasteiger partial charge in [0.1, 0.15) is 5.82 Å². The third kappa shape index (κ3) is 3.22. The highest BCUT2D eigenvalue weighted by Crippen LogP contribution is 2.22. The minimum atomic E-state index is 0.469. The monoisotopic (exact) mass is 336 g/mol. The van der Waals surface area contributed by atoms with Crippen molar-refractivity contribution in [2.24, 2.45) is 0 Å². The number of benzene rings is 1. The summed E-state index contributed by atoms with van der Waals surface area (Å²) < 4.78 is 2.29. The van der Waals surface area contributed by atoms with Crippen LogP contribution in [0.5, 0.6) is 0 Å². The summed E-state index contributed by atoms with van der Waals surface area (Å²) in [4.78, 5) is 7.15. The van der Waals surface area contributed by atoms with Crippen LogP contribution >= 0.6 is 0 Å². The van der Waals surface area contributed by atoms with E-state index in [-0.39, 0.29) is 0 Å². The van der Waals surface area contributed by atoms with Crippen molar-refractivity contribution in [1.82, 2.24) is 25.1 Å². The molecule has 25 heavy (non-hydrogen) atoms. The van der Waals surface area contributed by atoms with Gasteiger partial charge in [-0.2, -0.15) is 5.10 Å². The second-order valence-electron chi connectivity index (χ2n) is 6.46. The first-order valence-electron chi connectivity index (χ1n) is 9.06. The SMILES string of the molecule is CCn1c(CNCC2CCCN2c2cccnn2)nc2ccccc21. The molecule has 3 aromatic rings. The largest absolute Gasteiger partial charge is 0.351 e. The summed E-state index contributed by atoms with van der Waals surface area (Å²) in [6.07, 6.45) is 4.12. The molecule has 1 atom stereocenters. The van der Waals surface area contributed by atoms with Crippen molar-refractivity contribution in [3.05, 3.63) is 48.4 Å². The molecule has 1 aliphatic heterocycles. The lowest BCUT2D eigenvalue weighted by molar-refractivity contribution is 0.548. The summed E-state index contributed by atoms with van der Waals surface area (Å²) in [6, 6.07) is 12.8. The Bertz CT molecular complexity index is 828. The van der Waals surface area contributed by atoms with Gasteiger partial charge in [0.2, 0.25) is 0 Å². The molecule has 1 aromatic carbocycles. The molecule has 0 aliphatic carbocycles. The third-order valence-corrected chi connectivity index (χ3v) is 4.94. The number of hydrogen-bond donors (Lipinski definition) is 1. The van der Waals surface area contributed by atoms with Crippen molar-refractivity contribution >= 4 is 16.9 Å². The molecular formula is C19H24N6. The summed E-state index contributed by atoms with van der Waals surface area (Å²) in [5.74, 6) is 2.08. The molecule has 1 unspecified atom stereocenters. The lowest BCUT2D eigenvalue weighted by Crippen LogP contribution is -2.38. The van der Waals surface area contributed by atoms with Crippen LogP contribution in [0.25, 0.3) is 11.0 Å². The van der Waals surface area contributed by atoms with Crippen LogP contribution in [0.4, 0.5) is 5.82 Å². The van der Waals surface area contributed by atoms with Crippen molar-refractivity contribution in [3.8, 4) is 0 Å². The van der Waals surface area contributed by atoms with Gasteiger partial charge in [-0.15, -0.1) is 5.10 Å². The second-order valence-corrected chi connectivity index (χ2v) is 6.46. The Balaban J connectivity index is 1.42. The first-order chi connectivity index (χ1) is 12.4. The maximum absolute atomic E-state index is 4.79. The predicted octanol–water partition coefficient (Wildman–Crippen LogP) is 2.60. The lowest BCUT2D eigenvalue weighted by Gasteiger charge is -2.25. The van der Waals surface area contributed by atoms with Crippen LogP contribution in [-0.4, -0.2) is 38.9 Å². The van der Waals surface area contributed by atoms with Gasteiger partial charge in [0.05, 0.1) is 17.6 Å². The summed E-state index contributed by atoms with van der Waals surface area (Å²) >= 11 is 0. The minimum Gasteiger partial charge on any atom is -0.351 e. The highest BCUT2D eigenvalue weighted by molar-refractivity contribution is 5.75. The van der Waals surface area contributed by atoms with E-state index in [2.05, 4.69) is 50.1 Å². The molecule has 6 nitrogen and oxygen atoms in total. The molecule has 3 heterocycles. The average Bonchev–Trinajstić information content (AvgIpc) is 3.26. The molecule has 2 aromatic heterocycles. The molecule has 6 heteroatoms. The molecule has 0 bridgehead atoms. The first kappa shape index (κ1) is 16.0. The van der Waals surface area contributed by atoms with Crippen molar-refractivity contribution in [1.29, 1.82) is 0 Å². The molecule has 1 saturated heterocycles. The van der Waals surface area contributed by atoms with Crippen LogP contribution in [-0.2, 0) is 13.1 Å². The molecule has 130 valence electrons. The summed E-state index contributed by atoms with van der Waals surface area (Å²) in [7, 11) is 0. The number of hydrogen-bond acceptors (Lipinski definition) is 5. The number of nitrogens with zero attached hydrogens (tertiary/aromatic N) is 5. The second kappa shape index (κ2) is 7.19. The number of aryl methyl sites for hydroxylation is 1. The fraction of sp³-hybridized carbons (Fsp3) is 0.421. The van der Waals surface area contributed by atoms with E-state index in [1.54, 1.807) is 6.20 Å². The normalized spacial score (nSPS) is 17.5. The summed E-state index contributed by atoms with van der Waals surface area (Å²) in [5, 5.41) is 11.9. The average molecular weight is 336 g/mol. The van der Waals surface area contributed by atoms with Gasteiger partial charge in [-0.25, -0.2) is 4.98 Å². The fourth-order valence-corrected chi connectivity index (χ4v) is 3.76. The van der Waals surface area contributed by atoms with E-state index >= 15 is 0 Å². The van der Waals surface area contributed by atoms with E-state index in [1.165, 1.54) is 18.4 Å². The zero-order valence-electron chi connectivity index (χ0n) is 14.6. The van der Waals surface area contributed by atoms with Gasteiger partial charge in [-0.1, -0.05) is 12.1 Å². The van der Waals surface area contributed by atoms with Gasteiger partial charge >= 0.3 is 0 Å². The predicted molar refractivity (Wildman–Crippen MR) is 99.5 cm³/mol. The lowest BCUT2D eigenvalue weighted by atomic mass is 10.2. The number of anilines is 1. The maximum Gasteiger partial charge on any atom is 0.151 e. The fourth-order valence-electron chi connectivity index (χ4n) is 3.76. The topological polar surface area (TPSA) is 58.9 Å². The summed E-state index contributed by atoms with van der Waals surface area (Å²) in [5.41, 5.74) is 2.28. The number of para-hydroxylation sites is 2. The van der Waals surface area contributed by atoms with E-state index in [0.29, 0.717) is 6.04 Å². The first-order valence-corrected chi connectivity index (χ1v) is 9.06. The Morgan fingerprint density at radius 2 is 2.12 bits per heavy atom. The van der Waals surface area contributed by atoms with Crippen molar-refractivity contribution < 1.29 is 0 Å². The Labute approximate surface area is 147 Å². The molecule has 0 saturated carbocycles. The van der Waals surface area contributed by atoms with E-state index < -0.39 is 0 Å². The zero-order chi connectivity index (χ0) is 17.1. The highest BCUT2D eigenvalue weighted by atomic mass is 15.3. The van der Waals surface area contributed by atoms with Crippen molar-refractivity contribution in [2.45, 2.75) is 38.9 Å². The molecule has 0 spiro atoms. The van der Waals surface area contributed by atoms with E-state index in [4.69, 9.17) is 4.98 Å². The number of imidazole rings is 1.